The van der Waals surface area contributed by atoms with E-state index in [1.807, 2.05) is 0 Å². The molecule has 0 amide bonds. The molecule has 0 aromatic carbocycles. The molecule has 0 unspecified atom stereocenters. The fraction of sp³-hybridized carbons (Fsp3) is 0.643. The van der Waals surface area contributed by atoms with Crippen LogP contribution in [0.15, 0.2) is 12.3 Å². The van der Waals surface area contributed by atoms with E-state index in [4.69, 9.17) is 5.11 Å². The van der Waals surface area contributed by atoms with Gasteiger partial charge >= 0.3 is 5.97 Å². The summed E-state index contributed by atoms with van der Waals surface area (Å²) in [6.45, 7) is 8.61. The van der Waals surface area contributed by atoms with Gasteiger partial charge < -0.3 is 10.0 Å². The zero-order valence-corrected chi connectivity index (χ0v) is 11.8. The van der Waals surface area contributed by atoms with Crippen LogP contribution in [0.4, 0.5) is 5.95 Å². The fourth-order valence-corrected chi connectivity index (χ4v) is 2.57. The Kier molecular flexibility index (Phi) is 3.73. The molecule has 0 aliphatic carbocycles. The molecule has 0 bridgehead atoms. The quantitative estimate of drug-likeness (QED) is 0.887. The number of aromatic nitrogens is 2. The minimum absolute atomic E-state index is 0.0583. The number of rotatable bonds is 2. The highest BCUT2D eigenvalue weighted by molar-refractivity contribution is 5.85. The summed E-state index contributed by atoms with van der Waals surface area (Å²) >= 11 is 0. The van der Waals surface area contributed by atoms with E-state index >= 15 is 0 Å². The molecule has 1 N–H and O–H groups in total. The molecule has 5 nitrogen and oxygen atoms in total. The highest BCUT2D eigenvalue weighted by Gasteiger charge is 2.29. The first-order valence-corrected chi connectivity index (χ1v) is 6.69. The van der Waals surface area contributed by atoms with E-state index < -0.39 is 5.97 Å². The summed E-state index contributed by atoms with van der Waals surface area (Å²) in [6, 6.07) is 1.42. The summed E-state index contributed by atoms with van der Waals surface area (Å²) < 4.78 is 0. The van der Waals surface area contributed by atoms with Crippen LogP contribution in [0.3, 0.4) is 0 Å². The van der Waals surface area contributed by atoms with Crippen molar-refractivity contribution in [3.63, 3.8) is 0 Å². The predicted molar refractivity (Wildman–Crippen MR) is 73.4 cm³/mol. The fourth-order valence-electron chi connectivity index (χ4n) is 2.57. The van der Waals surface area contributed by atoms with Gasteiger partial charge in [0.15, 0.2) is 5.69 Å². The van der Waals surface area contributed by atoms with E-state index in [1.54, 1.807) is 0 Å². The third-order valence-corrected chi connectivity index (χ3v) is 3.86. The van der Waals surface area contributed by atoms with E-state index in [-0.39, 0.29) is 5.69 Å². The van der Waals surface area contributed by atoms with Gasteiger partial charge in [-0.15, -0.1) is 0 Å². The second-order valence-corrected chi connectivity index (χ2v) is 6.17. The van der Waals surface area contributed by atoms with Crippen LogP contribution in [0, 0.1) is 11.3 Å². The number of piperidine rings is 1. The lowest BCUT2D eigenvalue weighted by molar-refractivity contribution is 0.0690. The standard InChI is InChI=1S/C14H21N3O2/c1-14(2,3)10-5-8-17(9-6-10)13-15-7-4-11(16-13)12(18)19/h4,7,10H,5-6,8-9H2,1-3H3,(H,18,19). The van der Waals surface area contributed by atoms with E-state index in [0.717, 1.165) is 25.9 Å². The number of carboxylic acid groups (broad SMARTS) is 1. The van der Waals surface area contributed by atoms with E-state index in [2.05, 4.69) is 35.6 Å². The van der Waals surface area contributed by atoms with Crippen molar-refractivity contribution in [2.24, 2.45) is 11.3 Å². The van der Waals surface area contributed by atoms with Crippen LogP contribution < -0.4 is 4.90 Å². The molecule has 0 spiro atoms. The number of anilines is 1. The number of aromatic carboxylic acids is 1. The van der Waals surface area contributed by atoms with Crippen molar-refractivity contribution in [2.45, 2.75) is 33.6 Å². The first-order chi connectivity index (χ1) is 8.88. The lowest BCUT2D eigenvalue weighted by atomic mass is 9.75. The van der Waals surface area contributed by atoms with Crippen LogP contribution in [0.5, 0.6) is 0 Å². The molecule has 0 radical (unpaired) electrons. The topological polar surface area (TPSA) is 66.3 Å². The zero-order valence-electron chi connectivity index (χ0n) is 11.8. The summed E-state index contributed by atoms with van der Waals surface area (Å²) in [5.74, 6) is 0.229. The summed E-state index contributed by atoms with van der Waals surface area (Å²) in [6.07, 6.45) is 3.72. The average molecular weight is 263 g/mol. The number of carbonyl (C=O) groups is 1. The number of hydrogen-bond donors (Lipinski definition) is 1. The van der Waals surface area contributed by atoms with E-state index in [1.165, 1.54) is 12.3 Å². The third-order valence-electron chi connectivity index (χ3n) is 3.86. The van der Waals surface area contributed by atoms with Crippen molar-refractivity contribution < 1.29 is 9.90 Å². The maximum atomic E-state index is 10.9. The van der Waals surface area contributed by atoms with Gasteiger partial charge in [0.05, 0.1) is 0 Å². The van der Waals surface area contributed by atoms with Crippen LogP contribution in [-0.4, -0.2) is 34.1 Å². The number of nitrogens with zero attached hydrogens (tertiary/aromatic N) is 3. The predicted octanol–water partition coefficient (Wildman–Crippen LogP) is 2.44. The lowest BCUT2D eigenvalue weighted by Crippen LogP contribution is -2.39. The van der Waals surface area contributed by atoms with Crippen LogP contribution in [0.1, 0.15) is 44.1 Å². The Morgan fingerprint density at radius 2 is 2.00 bits per heavy atom. The third kappa shape index (κ3) is 3.22. The Morgan fingerprint density at radius 1 is 1.37 bits per heavy atom. The van der Waals surface area contributed by atoms with Crippen LogP contribution in [0.25, 0.3) is 0 Å². The normalized spacial score (nSPS) is 17.5. The van der Waals surface area contributed by atoms with Gasteiger partial charge in [0, 0.05) is 19.3 Å². The highest BCUT2D eigenvalue weighted by Crippen LogP contribution is 2.34. The largest absolute Gasteiger partial charge is 0.477 e. The molecule has 1 fully saturated rings. The van der Waals surface area contributed by atoms with E-state index in [9.17, 15) is 4.79 Å². The van der Waals surface area contributed by atoms with Crippen LogP contribution in [0.2, 0.25) is 0 Å². The minimum atomic E-state index is -1.01. The van der Waals surface area contributed by atoms with Crippen molar-refractivity contribution >= 4 is 11.9 Å². The van der Waals surface area contributed by atoms with Gasteiger partial charge in [0.2, 0.25) is 5.95 Å². The number of hydrogen-bond acceptors (Lipinski definition) is 4. The summed E-state index contributed by atoms with van der Waals surface area (Å²) in [4.78, 5) is 21.3. The van der Waals surface area contributed by atoms with Crippen molar-refractivity contribution in [1.82, 2.24) is 9.97 Å². The Labute approximate surface area is 113 Å². The zero-order chi connectivity index (χ0) is 14.0. The molecular formula is C14H21N3O2. The SMILES string of the molecule is CC(C)(C)C1CCN(c2nccc(C(=O)O)n2)CC1. The van der Waals surface area contributed by atoms with Gasteiger partial charge in [-0.25, -0.2) is 14.8 Å². The summed E-state index contributed by atoms with van der Waals surface area (Å²) in [7, 11) is 0. The average Bonchev–Trinajstić information content (AvgIpc) is 2.38. The van der Waals surface area contributed by atoms with Crippen LogP contribution >= 0.6 is 0 Å². The van der Waals surface area contributed by atoms with Gasteiger partial charge in [0.25, 0.3) is 0 Å². The monoisotopic (exact) mass is 263 g/mol. The van der Waals surface area contributed by atoms with Crippen LogP contribution in [-0.2, 0) is 0 Å². The molecule has 5 heteroatoms. The molecule has 104 valence electrons. The molecular weight excluding hydrogens is 242 g/mol. The Bertz CT molecular complexity index is 460. The first kappa shape index (κ1) is 13.8. The van der Waals surface area contributed by atoms with Gasteiger partial charge in [-0.05, 0) is 30.2 Å². The molecule has 2 heterocycles. The van der Waals surface area contributed by atoms with Crippen molar-refractivity contribution in [1.29, 1.82) is 0 Å². The van der Waals surface area contributed by atoms with Crippen molar-refractivity contribution in [3.8, 4) is 0 Å². The van der Waals surface area contributed by atoms with E-state index in [0.29, 0.717) is 17.3 Å². The second-order valence-electron chi connectivity index (χ2n) is 6.17. The maximum absolute atomic E-state index is 10.9. The van der Waals surface area contributed by atoms with Gasteiger partial charge in [0.1, 0.15) is 0 Å². The van der Waals surface area contributed by atoms with Gasteiger partial charge in [-0.3, -0.25) is 0 Å². The summed E-state index contributed by atoms with van der Waals surface area (Å²) in [5, 5.41) is 8.95. The molecule has 0 saturated carbocycles. The van der Waals surface area contributed by atoms with Crippen molar-refractivity contribution in [3.05, 3.63) is 18.0 Å². The van der Waals surface area contributed by atoms with Gasteiger partial charge in [-0.1, -0.05) is 20.8 Å². The molecule has 1 aliphatic heterocycles. The maximum Gasteiger partial charge on any atom is 0.354 e. The molecule has 1 aliphatic rings. The second kappa shape index (κ2) is 5.15. The Morgan fingerprint density at radius 3 is 2.53 bits per heavy atom. The Hall–Kier alpha value is -1.65. The van der Waals surface area contributed by atoms with Gasteiger partial charge in [-0.2, -0.15) is 0 Å². The lowest BCUT2D eigenvalue weighted by Gasteiger charge is -2.38. The Balaban J connectivity index is 2.05. The molecule has 1 saturated heterocycles. The number of carboxylic acids is 1. The molecule has 1 aromatic heterocycles. The molecule has 19 heavy (non-hydrogen) atoms. The molecule has 2 rings (SSSR count). The summed E-state index contributed by atoms with van der Waals surface area (Å²) in [5.41, 5.74) is 0.388. The first-order valence-electron chi connectivity index (χ1n) is 6.69. The highest BCUT2D eigenvalue weighted by atomic mass is 16.4. The minimum Gasteiger partial charge on any atom is -0.477 e. The van der Waals surface area contributed by atoms with Crippen molar-refractivity contribution in [2.75, 3.05) is 18.0 Å². The molecule has 1 aromatic rings. The smallest absolute Gasteiger partial charge is 0.354 e. The molecule has 0 atom stereocenters.